The first-order valence-electron chi connectivity index (χ1n) is 9.74. The summed E-state index contributed by atoms with van der Waals surface area (Å²) >= 11 is 5.98. The third-order valence-electron chi connectivity index (χ3n) is 6.46. The van der Waals surface area contributed by atoms with Crippen molar-refractivity contribution in [3.8, 4) is 5.75 Å². The maximum Gasteiger partial charge on any atom is 0.342 e. The summed E-state index contributed by atoms with van der Waals surface area (Å²) in [4.78, 5) is 25.3. The highest BCUT2D eigenvalue weighted by molar-refractivity contribution is 6.31. The quantitative estimate of drug-likeness (QED) is 0.771. The van der Waals surface area contributed by atoms with E-state index in [0.717, 1.165) is 37.0 Å². The zero-order chi connectivity index (χ0) is 19.2. The number of ether oxygens (including phenoxy) is 2. The minimum absolute atomic E-state index is 0.0970. The van der Waals surface area contributed by atoms with E-state index >= 15 is 0 Å². The maximum absolute atomic E-state index is 12.8. The molecule has 4 aliphatic rings. The molecule has 0 unspecified atom stereocenters. The van der Waals surface area contributed by atoms with E-state index in [2.05, 4.69) is 5.32 Å². The van der Waals surface area contributed by atoms with E-state index in [-0.39, 0.29) is 17.0 Å². The summed E-state index contributed by atoms with van der Waals surface area (Å²) in [5, 5.41) is 3.66. The normalized spacial score (nSPS) is 32.0. The molecule has 5 nitrogen and oxygen atoms in total. The van der Waals surface area contributed by atoms with Crippen LogP contribution >= 0.6 is 11.6 Å². The molecule has 1 N–H and O–H groups in total. The van der Waals surface area contributed by atoms with Gasteiger partial charge in [-0.15, -0.1) is 0 Å². The highest BCUT2D eigenvalue weighted by Crippen LogP contribution is 2.55. The molecular formula is C21H26ClNO4. The van der Waals surface area contributed by atoms with Crippen molar-refractivity contribution in [3.63, 3.8) is 0 Å². The van der Waals surface area contributed by atoms with E-state index in [1.54, 1.807) is 19.1 Å². The van der Waals surface area contributed by atoms with Crippen LogP contribution < -0.4 is 10.1 Å². The molecule has 5 rings (SSSR count). The van der Waals surface area contributed by atoms with Gasteiger partial charge in [0.15, 0.2) is 6.10 Å². The first kappa shape index (κ1) is 18.6. The first-order valence-corrected chi connectivity index (χ1v) is 10.1. The molecule has 1 amide bonds. The minimum atomic E-state index is -0.866. The van der Waals surface area contributed by atoms with Gasteiger partial charge in [0.2, 0.25) is 0 Å². The van der Waals surface area contributed by atoms with Crippen molar-refractivity contribution in [2.24, 2.45) is 17.8 Å². The van der Waals surface area contributed by atoms with Crippen molar-refractivity contribution in [1.82, 2.24) is 5.32 Å². The lowest BCUT2D eigenvalue weighted by molar-refractivity contribution is -0.134. The van der Waals surface area contributed by atoms with E-state index in [1.165, 1.54) is 32.4 Å². The van der Waals surface area contributed by atoms with Crippen molar-refractivity contribution in [2.45, 2.75) is 57.1 Å². The van der Waals surface area contributed by atoms with Gasteiger partial charge in [-0.25, -0.2) is 4.79 Å². The van der Waals surface area contributed by atoms with Crippen LogP contribution in [0.15, 0.2) is 18.2 Å². The van der Waals surface area contributed by atoms with E-state index in [4.69, 9.17) is 21.1 Å². The van der Waals surface area contributed by atoms with Crippen LogP contribution in [0.3, 0.4) is 0 Å². The van der Waals surface area contributed by atoms with Crippen LogP contribution in [0.25, 0.3) is 0 Å². The molecule has 4 fully saturated rings. The SMILES string of the molecule is COc1ccc(Cl)cc1C(=O)O[C@@H](C)C(=O)NC12CC3CC(CC(C3)C1)C2. The molecule has 1 aromatic rings. The summed E-state index contributed by atoms with van der Waals surface area (Å²) in [5.41, 5.74) is 0.125. The summed E-state index contributed by atoms with van der Waals surface area (Å²) < 4.78 is 10.6. The fraction of sp³-hybridized carbons (Fsp3) is 0.619. The summed E-state index contributed by atoms with van der Waals surface area (Å²) in [6, 6.07) is 4.74. The van der Waals surface area contributed by atoms with Gasteiger partial charge in [-0.05, 0) is 81.4 Å². The molecule has 6 heteroatoms. The zero-order valence-electron chi connectivity index (χ0n) is 15.8. The Balaban J connectivity index is 1.41. The molecular weight excluding hydrogens is 366 g/mol. The Kier molecular flexibility index (Phi) is 4.83. The summed E-state index contributed by atoms with van der Waals surface area (Å²) in [6.45, 7) is 1.62. The number of rotatable bonds is 5. The van der Waals surface area contributed by atoms with Gasteiger partial charge in [0.05, 0.1) is 7.11 Å². The number of hydrogen-bond donors (Lipinski definition) is 1. The van der Waals surface area contributed by atoms with Crippen LogP contribution in [-0.2, 0) is 9.53 Å². The van der Waals surface area contributed by atoms with Crippen LogP contribution in [0.1, 0.15) is 55.8 Å². The molecule has 0 aliphatic heterocycles. The average molecular weight is 392 g/mol. The molecule has 4 bridgehead atoms. The van der Waals surface area contributed by atoms with E-state index in [1.807, 2.05) is 0 Å². The molecule has 4 aliphatic carbocycles. The molecule has 0 aromatic heterocycles. The second kappa shape index (κ2) is 7.01. The predicted octanol–water partition coefficient (Wildman–Crippen LogP) is 3.98. The number of nitrogens with one attached hydrogen (secondary N) is 1. The average Bonchev–Trinajstić information content (AvgIpc) is 2.59. The van der Waals surface area contributed by atoms with Gasteiger partial charge < -0.3 is 14.8 Å². The Hall–Kier alpha value is -1.75. The van der Waals surface area contributed by atoms with E-state index in [9.17, 15) is 9.59 Å². The zero-order valence-corrected chi connectivity index (χ0v) is 16.6. The van der Waals surface area contributed by atoms with Gasteiger partial charge >= 0.3 is 5.97 Å². The number of esters is 1. The van der Waals surface area contributed by atoms with Crippen molar-refractivity contribution in [3.05, 3.63) is 28.8 Å². The Morgan fingerprint density at radius 1 is 1.15 bits per heavy atom. The second-order valence-corrected chi connectivity index (χ2v) is 9.02. The molecule has 4 saturated carbocycles. The fourth-order valence-electron chi connectivity index (χ4n) is 5.74. The molecule has 27 heavy (non-hydrogen) atoms. The Morgan fingerprint density at radius 3 is 2.30 bits per heavy atom. The van der Waals surface area contributed by atoms with Crippen molar-refractivity contribution < 1.29 is 19.1 Å². The van der Waals surface area contributed by atoms with Crippen molar-refractivity contribution in [2.75, 3.05) is 7.11 Å². The smallest absolute Gasteiger partial charge is 0.342 e. The van der Waals surface area contributed by atoms with Gasteiger partial charge in [0.25, 0.3) is 5.91 Å². The lowest BCUT2D eigenvalue weighted by Gasteiger charge is -2.57. The minimum Gasteiger partial charge on any atom is -0.496 e. The third kappa shape index (κ3) is 3.66. The maximum atomic E-state index is 12.8. The molecule has 0 saturated heterocycles. The fourth-order valence-corrected chi connectivity index (χ4v) is 5.92. The number of carbonyl (C=O) groups excluding carboxylic acids is 2. The lowest BCUT2D eigenvalue weighted by Crippen LogP contribution is -2.61. The Labute approximate surface area is 164 Å². The highest BCUT2D eigenvalue weighted by atomic mass is 35.5. The van der Waals surface area contributed by atoms with Crippen LogP contribution in [-0.4, -0.2) is 30.6 Å². The molecule has 1 atom stereocenters. The third-order valence-corrected chi connectivity index (χ3v) is 6.70. The lowest BCUT2D eigenvalue weighted by atomic mass is 9.53. The highest BCUT2D eigenvalue weighted by Gasteiger charge is 2.51. The van der Waals surface area contributed by atoms with Gasteiger partial charge in [-0.1, -0.05) is 11.6 Å². The van der Waals surface area contributed by atoms with E-state index in [0.29, 0.717) is 10.8 Å². The van der Waals surface area contributed by atoms with Crippen LogP contribution in [0, 0.1) is 17.8 Å². The van der Waals surface area contributed by atoms with Gasteiger partial charge in [-0.3, -0.25) is 4.79 Å². The molecule has 1 aromatic carbocycles. The van der Waals surface area contributed by atoms with Crippen molar-refractivity contribution in [1.29, 1.82) is 0 Å². The predicted molar refractivity (Wildman–Crippen MR) is 102 cm³/mol. The Bertz CT molecular complexity index is 727. The van der Waals surface area contributed by atoms with Gasteiger partial charge in [-0.2, -0.15) is 0 Å². The number of methoxy groups -OCH3 is 1. The number of benzene rings is 1. The number of carbonyl (C=O) groups is 2. The number of halogens is 1. The standard InChI is InChI=1S/C21H26ClNO4/c1-12(27-20(25)17-8-16(22)3-4-18(17)26-2)19(24)23-21-9-13-5-14(10-21)7-15(6-13)11-21/h3-4,8,12-15H,5-7,9-11H2,1-2H3,(H,23,24)/t12-,13?,14?,15?,21?/m0/s1. The first-order chi connectivity index (χ1) is 12.9. The van der Waals surface area contributed by atoms with Crippen LogP contribution in [0.4, 0.5) is 0 Å². The van der Waals surface area contributed by atoms with E-state index < -0.39 is 12.1 Å². The van der Waals surface area contributed by atoms with Crippen LogP contribution in [0.5, 0.6) is 5.75 Å². The Morgan fingerprint density at radius 2 is 1.74 bits per heavy atom. The largest absolute Gasteiger partial charge is 0.496 e. The molecule has 146 valence electrons. The summed E-state index contributed by atoms with van der Waals surface area (Å²) in [5.74, 6) is 1.77. The van der Waals surface area contributed by atoms with Gasteiger partial charge in [0.1, 0.15) is 11.3 Å². The number of amides is 1. The number of hydrogen-bond acceptors (Lipinski definition) is 4. The summed E-state index contributed by atoms with van der Waals surface area (Å²) in [7, 11) is 1.48. The molecule has 0 spiro atoms. The monoisotopic (exact) mass is 391 g/mol. The second-order valence-electron chi connectivity index (χ2n) is 8.58. The molecule has 0 radical (unpaired) electrons. The van der Waals surface area contributed by atoms with Crippen LogP contribution in [0.2, 0.25) is 5.02 Å². The molecule has 0 heterocycles. The topological polar surface area (TPSA) is 64.6 Å². The van der Waals surface area contributed by atoms with Gasteiger partial charge in [0, 0.05) is 10.6 Å². The van der Waals surface area contributed by atoms with Crippen molar-refractivity contribution >= 4 is 23.5 Å². The summed E-state index contributed by atoms with van der Waals surface area (Å²) in [6.07, 6.45) is 6.26.